The molecule has 0 fully saturated rings. The van der Waals surface area contributed by atoms with Crippen molar-refractivity contribution in [1.29, 1.82) is 0 Å². The highest BCUT2D eigenvalue weighted by atomic mass is 32.2. The Labute approximate surface area is 139 Å². The monoisotopic (exact) mass is 320 g/mol. The summed E-state index contributed by atoms with van der Waals surface area (Å²) in [5.41, 5.74) is 2.28. The summed E-state index contributed by atoms with van der Waals surface area (Å²) < 4.78 is 6.04. The molecule has 0 amide bonds. The summed E-state index contributed by atoms with van der Waals surface area (Å²) in [6.45, 7) is 12.4. The molecule has 2 atom stereocenters. The molecule has 0 saturated heterocycles. The molecule has 0 N–H and O–H groups in total. The number of carbonyl (C=O) groups is 1. The molecule has 22 heavy (non-hydrogen) atoms. The molecule has 2 rings (SSSR count). The molecule has 122 valence electrons. The molecule has 1 aromatic rings. The zero-order valence-corrected chi connectivity index (χ0v) is 15.4. The summed E-state index contributed by atoms with van der Waals surface area (Å²) >= 11 is 1.90. The molecule has 0 unspecified atom stereocenters. The number of rotatable bonds is 2. The Morgan fingerprint density at radius 2 is 1.77 bits per heavy atom. The molecule has 0 saturated carbocycles. The van der Waals surface area contributed by atoms with Crippen molar-refractivity contribution in [3.63, 3.8) is 0 Å². The zero-order valence-electron chi connectivity index (χ0n) is 14.6. The van der Waals surface area contributed by atoms with Crippen LogP contribution in [0.2, 0.25) is 0 Å². The molecule has 0 spiro atoms. The second kappa shape index (κ2) is 6.27. The van der Waals surface area contributed by atoms with E-state index in [-0.39, 0.29) is 22.1 Å². The Morgan fingerprint density at radius 1 is 1.14 bits per heavy atom. The van der Waals surface area contributed by atoms with E-state index in [1.165, 1.54) is 11.1 Å². The zero-order chi connectivity index (χ0) is 16.5. The number of ether oxygens (including phenoxy) is 1. The van der Waals surface area contributed by atoms with Crippen molar-refractivity contribution >= 4 is 17.7 Å². The first-order chi connectivity index (χ1) is 10.1. The first kappa shape index (κ1) is 17.4. The summed E-state index contributed by atoms with van der Waals surface area (Å²) in [5.74, 6) is -0.101. The number of benzene rings is 1. The van der Waals surface area contributed by atoms with Crippen molar-refractivity contribution < 1.29 is 9.53 Å². The fourth-order valence-electron chi connectivity index (χ4n) is 2.64. The van der Waals surface area contributed by atoms with E-state index in [2.05, 4.69) is 45.0 Å². The second-order valence-corrected chi connectivity index (χ2v) is 10.1. The number of fused-ring (bicyclic) bond motifs is 1. The largest absolute Gasteiger partial charge is 0.460 e. The van der Waals surface area contributed by atoms with Crippen molar-refractivity contribution in [3.8, 4) is 0 Å². The summed E-state index contributed by atoms with van der Waals surface area (Å²) in [5, 5.41) is 0.219. The van der Waals surface area contributed by atoms with Gasteiger partial charge in [-0.2, -0.15) is 0 Å². The van der Waals surface area contributed by atoms with Gasteiger partial charge in [-0.1, -0.05) is 45.0 Å². The fraction of sp³-hybridized carbons (Fsp3) is 0.632. The van der Waals surface area contributed by atoms with Gasteiger partial charge in [0.15, 0.2) is 0 Å². The van der Waals surface area contributed by atoms with Gasteiger partial charge in [0.25, 0.3) is 0 Å². The molecule has 3 heteroatoms. The van der Waals surface area contributed by atoms with Crippen LogP contribution in [0.1, 0.15) is 64.3 Å². The van der Waals surface area contributed by atoms with E-state index in [0.717, 1.165) is 12.8 Å². The summed E-state index contributed by atoms with van der Waals surface area (Å²) in [6, 6.07) is 8.57. The van der Waals surface area contributed by atoms with Crippen molar-refractivity contribution in [2.75, 3.05) is 0 Å². The average Bonchev–Trinajstić information content (AvgIpc) is 2.39. The number of hydrogen-bond acceptors (Lipinski definition) is 3. The maximum atomic E-state index is 12.3. The third-order valence-electron chi connectivity index (χ3n) is 3.75. The molecule has 0 radical (unpaired) electrons. The van der Waals surface area contributed by atoms with Crippen LogP contribution in [0.3, 0.4) is 0 Å². The van der Waals surface area contributed by atoms with E-state index < -0.39 is 5.41 Å². The average molecular weight is 320 g/mol. The number of aryl methyl sites for hydroxylation is 1. The van der Waals surface area contributed by atoms with Gasteiger partial charge in [0.05, 0.1) is 10.7 Å². The summed E-state index contributed by atoms with van der Waals surface area (Å²) in [7, 11) is 0. The number of esters is 1. The Bertz CT molecular complexity index is 537. The first-order valence-electron chi connectivity index (χ1n) is 8.04. The van der Waals surface area contributed by atoms with E-state index >= 15 is 0 Å². The van der Waals surface area contributed by atoms with Gasteiger partial charge in [0, 0.05) is 4.75 Å². The van der Waals surface area contributed by atoms with Crippen LogP contribution in [0.5, 0.6) is 0 Å². The van der Waals surface area contributed by atoms with Crippen molar-refractivity contribution in [1.82, 2.24) is 0 Å². The topological polar surface area (TPSA) is 26.3 Å². The van der Waals surface area contributed by atoms with Crippen LogP contribution < -0.4 is 0 Å². The van der Waals surface area contributed by atoms with Crippen LogP contribution in [0.25, 0.3) is 0 Å². The van der Waals surface area contributed by atoms with Gasteiger partial charge < -0.3 is 4.74 Å². The minimum Gasteiger partial charge on any atom is -0.460 e. The molecule has 1 aliphatic rings. The first-order valence-corrected chi connectivity index (χ1v) is 8.92. The van der Waals surface area contributed by atoms with E-state index in [0.29, 0.717) is 0 Å². The van der Waals surface area contributed by atoms with Crippen LogP contribution in [0.4, 0.5) is 0 Å². The normalized spacial score (nSPS) is 22.1. The fourth-order valence-corrected chi connectivity index (χ4v) is 4.11. The van der Waals surface area contributed by atoms with Gasteiger partial charge >= 0.3 is 5.97 Å². The lowest BCUT2D eigenvalue weighted by Crippen LogP contribution is -2.34. The lowest BCUT2D eigenvalue weighted by molar-refractivity contribution is -0.159. The van der Waals surface area contributed by atoms with Crippen LogP contribution in [0, 0.1) is 5.41 Å². The standard InChI is InChI=1S/C19H28O2S/c1-18(2,3)17(20)21-15-12-11-13-9-7-8-10-14(13)16(15)22-19(4,5)6/h7-10,15-16H,11-12H2,1-6H3/t15-,16-/m0/s1. The lowest BCUT2D eigenvalue weighted by Gasteiger charge is -2.37. The molecule has 0 aromatic heterocycles. The summed E-state index contributed by atoms with van der Waals surface area (Å²) in [4.78, 5) is 12.3. The Hall–Kier alpha value is -0.960. The van der Waals surface area contributed by atoms with Gasteiger partial charge in [-0.3, -0.25) is 4.79 Å². The molecule has 0 heterocycles. The highest BCUT2D eigenvalue weighted by Crippen LogP contribution is 2.46. The van der Waals surface area contributed by atoms with Gasteiger partial charge in [0.2, 0.25) is 0 Å². The van der Waals surface area contributed by atoms with Crippen LogP contribution >= 0.6 is 11.8 Å². The SMILES string of the molecule is CC(C)(C)S[C@H]1c2ccccc2CC[C@@H]1OC(=O)C(C)(C)C. The molecular weight excluding hydrogens is 292 g/mol. The number of hydrogen-bond donors (Lipinski definition) is 0. The molecule has 0 aliphatic heterocycles. The van der Waals surface area contributed by atoms with Gasteiger partial charge in [0.1, 0.15) is 6.10 Å². The van der Waals surface area contributed by atoms with Gasteiger partial charge in [-0.05, 0) is 44.7 Å². The maximum Gasteiger partial charge on any atom is 0.311 e. The molecular formula is C19H28O2S. The molecule has 1 aliphatic carbocycles. The quantitative estimate of drug-likeness (QED) is 0.704. The highest BCUT2D eigenvalue weighted by Gasteiger charge is 2.37. The van der Waals surface area contributed by atoms with Crippen LogP contribution in [0.15, 0.2) is 24.3 Å². The van der Waals surface area contributed by atoms with Gasteiger partial charge in [-0.25, -0.2) is 0 Å². The summed E-state index contributed by atoms with van der Waals surface area (Å²) in [6.07, 6.45) is 1.86. The predicted octanol–water partition coefficient (Wildman–Crippen LogP) is 5.16. The van der Waals surface area contributed by atoms with E-state index in [1.807, 2.05) is 32.5 Å². The van der Waals surface area contributed by atoms with E-state index in [4.69, 9.17) is 4.74 Å². The Morgan fingerprint density at radius 3 is 2.36 bits per heavy atom. The van der Waals surface area contributed by atoms with Crippen molar-refractivity contribution in [2.24, 2.45) is 5.41 Å². The van der Waals surface area contributed by atoms with Gasteiger partial charge in [-0.15, -0.1) is 11.8 Å². The Kier molecular flexibility index (Phi) is 4.96. The molecule has 2 nitrogen and oxygen atoms in total. The van der Waals surface area contributed by atoms with Crippen molar-refractivity contribution in [2.45, 2.75) is 70.5 Å². The molecule has 0 bridgehead atoms. The lowest BCUT2D eigenvalue weighted by atomic mass is 9.89. The predicted molar refractivity (Wildman–Crippen MR) is 94.2 cm³/mol. The number of thioether (sulfide) groups is 1. The Balaban J connectivity index is 2.28. The smallest absolute Gasteiger partial charge is 0.311 e. The van der Waals surface area contributed by atoms with E-state index in [9.17, 15) is 4.79 Å². The third kappa shape index (κ3) is 4.28. The van der Waals surface area contributed by atoms with Crippen molar-refractivity contribution in [3.05, 3.63) is 35.4 Å². The third-order valence-corrected chi connectivity index (χ3v) is 5.27. The minimum atomic E-state index is -0.450. The van der Waals surface area contributed by atoms with E-state index in [1.54, 1.807) is 0 Å². The molecule has 1 aromatic carbocycles. The minimum absolute atomic E-state index is 0.0363. The van der Waals surface area contributed by atoms with Crippen LogP contribution in [-0.4, -0.2) is 16.8 Å². The second-order valence-electron chi connectivity index (χ2n) is 8.08. The number of carbonyl (C=O) groups excluding carboxylic acids is 1. The maximum absolute atomic E-state index is 12.3. The highest BCUT2D eigenvalue weighted by molar-refractivity contribution is 8.00. The van der Waals surface area contributed by atoms with Crippen LogP contribution in [-0.2, 0) is 16.0 Å².